The molecule has 138 valence electrons. The van der Waals surface area contributed by atoms with Gasteiger partial charge in [-0.3, -0.25) is 14.6 Å². The molecule has 0 atom stereocenters. The van der Waals surface area contributed by atoms with E-state index >= 15 is 0 Å². The zero-order valence-corrected chi connectivity index (χ0v) is 16.0. The predicted molar refractivity (Wildman–Crippen MR) is 109 cm³/mol. The number of aryl methyl sites for hydroxylation is 1. The molecular formula is C19H17ClN4O2S. The maximum absolute atomic E-state index is 12.3. The van der Waals surface area contributed by atoms with Gasteiger partial charge in [-0.05, 0) is 36.8 Å². The average Bonchev–Trinajstić information content (AvgIpc) is 2.64. The Morgan fingerprint density at radius 2 is 1.85 bits per heavy atom. The Hall–Kier alpha value is -2.77. The smallest absolute Gasteiger partial charge is 0.277 e. The Kier molecular flexibility index (Phi) is 5.83. The number of carbonyl (C=O) groups is 1. The van der Waals surface area contributed by atoms with Crippen molar-refractivity contribution in [2.45, 2.75) is 17.8 Å². The van der Waals surface area contributed by atoms with Crippen LogP contribution in [0.15, 0.2) is 58.5 Å². The highest BCUT2D eigenvalue weighted by Gasteiger charge is 2.14. The summed E-state index contributed by atoms with van der Waals surface area (Å²) >= 11 is 7.17. The molecule has 4 N–H and O–H groups in total. The van der Waals surface area contributed by atoms with Crippen LogP contribution in [-0.2, 0) is 5.75 Å². The number of hydrogen-bond acceptors (Lipinski definition) is 5. The molecule has 0 aliphatic rings. The van der Waals surface area contributed by atoms with Gasteiger partial charge in [-0.2, -0.15) is 0 Å². The first-order valence-corrected chi connectivity index (χ1v) is 9.44. The standard InChI is InChI=1S/C19H17ClN4O2S/c1-11-2-4-12(5-3-11)10-27-19-23-16(21)15(18(26)24-19)22-17(25)13-6-8-14(20)9-7-13/h2-9H,10H2,1H3,(H,22,25)(H3,21,23,24,26). The number of amides is 1. The Bertz CT molecular complexity index is 1020. The van der Waals surface area contributed by atoms with Gasteiger partial charge in [0.2, 0.25) is 0 Å². The number of benzene rings is 2. The first-order chi connectivity index (χ1) is 12.9. The van der Waals surface area contributed by atoms with Crippen molar-refractivity contribution < 1.29 is 4.79 Å². The van der Waals surface area contributed by atoms with Crippen LogP contribution in [-0.4, -0.2) is 15.9 Å². The zero-order valence-electron chi connectivity index (χ0n) is 14.5. The normalized spacial score (nSPS) is 10.6. The van der Waals surface area contributed by atoms with Crippen molar-refractivity contribution >= 4 is 40.8 Å². The number of hydrogen-bond donors (Lipinski definition) is 3. The number of aromatic nitrogens is 2. The van der Waals surface area contributed by atoms with Gasteiger partial charge in [-0.25, -0.2) is 4.98 Å². The number of halogens is 1. The average molecular weight is 401 g/mol. The SMILES string of the molecule is Cc1ccc(CSc2nc(N)c(NC(=O)c3ccc(Cl)cc3)c(=O)[nH]2)cc1. The zero-order chi connectivity index (χ0) is 19.4. The Morgan fingerprint density at radius 1 is 1.19 bits per heavy atom. The van der Waals surface area contributed by atoms with Crippen LogP contribution in [0.2, 0.25) is 5.02 Å². The van der Waals surface area contributed by atoms with Crippen LogP contribution in [0.4, 0.5) is 11.5 Å². The molecule has 0 radical (unpaired) electrons. The lowest BCUT2D eigenvalue weighted by atomic mass is 10.2. The molecule has 1 aromatic heterocycles. The number of carbonyl (C=O) groups excluding carboxylic acids is 1. The van der Waals surface area contributed by atoms with E-state index in [1.807, 2.05) is 31.2 Å². The summed E-state index contributed by atoms with van der Waals surface area (Å²) in [5.41, 5.74) is 7.95. The van der Waals surface area contributed by atoms with Crippen molar-refractivity contribution in [1.82, 2.24) is 9.97 Å². The van der Waals surface area contributed by atoms with E-state index in [0.717, 1.165) is 5.56 Å². The van der Waals surface area contributed by atoms with Gasteiger partial charge in [0, 0.05) is 16.3 Å². The number of nitrogens with zero attached hydrogens (tertiary/aromatic N) is 1. The molecule has 0 aliphatic heterocycles. The third-order valence-electron chi connectivity index (χ3n) is 3.77. The van der Waals surface area contributed by atoms with Gasteiger partial charge in [0.1, 0.15) is 5.69 Å². The number of anilines is 2. The second kappa shape index (κ2) is 8.28. The summed E-state index contributed by atoms with van der Waals surface area (Å²) in [6.07, 6.45) is 0. The Labute approximate surface area is 165 Å². The molecule has 2 aromatic carbocycles. The molecule has 0 unspecified atom stereocenters. The topological polar surface area (TPSA) is 101 Å². The molecule has 0 aliphatic carbocycles. The van der Waals surface area contributed by atoms with E-state index in [2.05, 4.69) is 15.3 Å². The minimum absolute atomic E-state index is 0.0348. The number of aromatic amines is 1. The van der Waals surface area contributed by atoms with Crippen LogP contribution in [0.3, 0.4) is 0 Å². The summed E-state index contributed by atoms with van der Waals surface area (Å²) in [7, 11) is 0. The third kappa shape index (κ3) is 4.90. The second-order valence-electron chi connectivity index (χ2n) is 5.87. The molecule has 3 rings (SSSR count). The van der Waals surface area contributed by atoms with Crippen LogP contribution >= 0.6 is 23.4 Å². The molecular weight excluding hydrogens is 384 g/mol. The summed E-state index contributed by atoms with van der Waals surface area (Å²) in [4.78, 5) is 31.4. The van der Waals surface area contributed by atoms with Crippen LogP contribution in [0.25, 0.3) is 0 Å². The number of rotatable bonds is 5. The quantitative estimate of drug-likeness (QED) is 0.446. The summed E-state index contributed by atoms with van der Waals surface area (Å²) in [6.45, 7) is 2.02. The summed E-state index contributed by atoms with van der Waals surface area (Å²) in [6, 6.07) is 14.4. The lowest BCUT2D eigenvalue weighted by Gasteiger charge is -2.09. The van der Waals surface area contributed by atoms with Gasteiger partial charge < -0.3 is 11.1 Å². The summed E-state index contributed by atoms with van der Waals surface area (Å²) in [5.74, 6) is 0.136. The van der Waals surface area contributed by atoms with Crippen molar-refractivity contribution in [2.75, 3.05) is 11.1 Å². The van der Waals surface area contributed by atoms with Gasteiger partial charge in [0.05, 0.1) is 0 Å². The number of H-pyrrole nitrogens is 1. The van der Waals surface area contributed by atoms with Crippen molar-refractivity contribution in [1.29, 1.82) is 0 Å². The molecule has 0 saturated carbocycles. The largest absolute Gasteiger partial charge is 0.382 e. The van der Waals surface area contributed by atoms with Crippen molar-refractivity contribution in [3.63, 3.8) is 0 Å². The molecule has 0 bridgehead atoms. The third-order valence-corrected chi connectivity index (χ3v) is 4.96. The van der Waals surface area contributed by atoms with Crippen LogP contribution in [0, 0.1) is 6.92 Å². The molecule has 8 heteroatoms. The van der Waals surface area contributed by atoms with Gasteiger partial charge >= 0.3 is 0 Å². The number of nitrogens with two attached hydrogens (primary N) is 1. The van der Waals surface area contributed by atoms with Gasteiger partial charge in [0.15, 0.2) is 11.0 Å². The first-order valence-electron chi connectivity index (χ1n) is 8.07. The summed E-state index contributed by atoms with van der Waals surface area (Å²) in [5, 5.41) is 3.40. The Balaban J connectivity index is 1.72. The van der Waals surface area contributed by atoms with E-state index in [4.69, 9.17) is 17.3 Å². The highest BCUT2D eigenvalue weighted by molar-refractivity contribution is 7.98. The van der Waals surface area contributed by atoms with Gasteiger partial charge in [-0.15, -0.1) is 0 Å². The second-order valence-corrected chi connectivity index (χ2v) is 7.27. The molecule has 0 spiro atoms. The van der Waals surface area contributed by atoms with Crippen LogP contribution < -0.4 is 16.6 Å². The van der Waals surface area contributed by atoms with Crippen LogP contribution in [0.5, 0.6) is 0 Å². The van der Waals surface area contributed by atoms with Crippen molar-refractivity contribution in [2.24, 2.45) is 0 Å². The van der Waals surface area contributed by atoms with E-state index in [1.165, 1.54) is 17.3 Å². The van der Waals surface area contributed by atoms with Crippen molar-refractivity contribution in [3.8, 4) is 0 Å². The number of thioether (sulfide) groups is 1. The van der Waals surface area contributed by atoms with E-state index in [9.17, 15) is 9.59 Å². The fourth-order valence-electron chi connectivity index (χ4n) is 2.28. The molecule has 0 saturated heterocycles. The van der Waals surface area contributed by atoms with E-state index in [1.54, 1.807) is 24.3 Å². The predicted octanol–water partition coefficient (Wildman–Crippen LogP) is 3.86. The highest BCUT2D eigenvalue weighted by atomic mass is 35.5. The summed E-state index contributed by atoms with van der Waals surface area (Å²) < 4.78 is 0. The monoisotopic (exact) mass is 400 g/mol. The minimum atomic E-state index is -0.504. The van der Waals surface area contributed by atoms with Crippen molar-refractivity contribution in [3.05, 3.63) is 80.6 Å². The minimum Gasteiger partial charge on any atom is -0.382 e. The molecule has 1 amide bonds. The molecule has 3 aromatic rings. The highest BCUT2D eigenvalue weighted by Crippen LogP contribution is 2.21. The lowest BCUT2D eigenvalue weighted by Crippen LogP contribution is -2.23. The fraction of sp³-hybridized carbons (Fsp3) is 0.105. The Morgan fingerprint density at radius 3 is 2.48 bits per heavy atom. The molecule has 1 heterocycles. The van der Waals surface area contributed by atoms with Crippen LogP contribution in [0.1, 0.15) is 21.5 Å². The molecule has 6 nitrogen and oxygen atoms in total. The number of nitrogens with one attached hydrogen (secondary N) is 2. The number of nitrogen functional groups attached to an aromatic ring is 1. The first kappa shape index (κ1) is 19.0. The van der Waals surface area contributed by atoms with E-state index < -0.39 is 11.5 Å². The maximum atomic E-state index is 12.3. The lowest BCUT2D eigenvalue weighted by molar-refractivity contribution is 0.102. The van der Waals surface area contributed by atoms with E-state index in [0.29, 0.717) is 21.5 Å². The molecule has 0 fully saturated rings. The maximum Gasteiger partial charge on any atom is 0.277 e. The van der Waals surface area contributed by atoms with Gasteiger partial charge in [0.25, 0.3) is 11.5 Å². The van der Waals surface area contributed by atoms with Gasteiger partial charge in [-0.1, -0.05) is 53.2 Å². The van der Waals surface area contributed by atoms with E-state index in [-0.39, 0.29) is 11.5 Å². The fourth-order valence-corrected chi connectivity index (χ4v) is 3.23. The molecule has 27 heavy (non-hydrogen) atoms.